The van der Waals surface area contributed by atoms with Gasteiger partial charge in [-0.2, -0.15) is 0 Å². The smallest absolute Gasteiger partial charge is 0.302 e. The second-order valence-electron chi connectivity index (χ2n) is 21.6. The molecule has 87 heavy (non-hydrogen) atoms. The van der Waals surface area contributed by atoms with Crippen LogP contribution in [0.15, 0.2) is 12.1 Å². The SMILES string of the molecule is CC[C@H]1O[C@@H](OCCOCCOc2cc(C(=O)NCCOCCOCCO)cc(OCCOCCO[C@@H]3O[C@H](CC)[C@H](C)[C@H](OC(C)=O)[C@H]3NC(C)=O)c2OCCOCCO[C@@H]2O[C@H](CC)[C@H](C)[C@H](OC(C)=O)[C@H]2NC(C)=O)[C@H](NC(C)=O)[C@@H](C)[C@H]1C. The van der Waals surface area contributed by atoms with Crippen molar-refractivity contribution in [2.75, 3.05) is 119 Å². The zero-order valence-corrected chi connectivity index (χ0v) is 53.1. The molecule has 27 heteroatoms. The number of aliphatic hydroxyl groups excluding tert-OH is 1. The molecule has 1 aromatic rings. The average molecular weight is 1250 g/mol. The molecule has 0 aromatic heterocycles. The second-order valence-corrected chi connectivity index (χ2v) is 21.6. The van der Waals surface area contributed by atoms with Crippen molar-refractivity contribution >= 4 is 35.6 Å². The number of nitrogens with one attached hydrogen (secondary N) is 4. The molecule has 3 aliphatic rings. The van der Waals surface area contributed by atoms with Crippen LogP contribution in [0.3, 0.4) is 0 Å². The number of carbonyl (C=O) groups excluding carboxylic acids is 6. The Morgan fingerprint density at radius 2 is 0.805 bits per heavy atom. The number of rotatable bonds is 41. The maximum absolute atomic E-state index is 13.8. The minimum absolute atomic E-state index is 0.00332. The molecule has 0 aliphatic carbocycles. The molecule has 0 radical (unpaired) electrons. The maximum Gasteiger partial charge on any atom is 0.302 e. The fourth-order valence-corrected chi connectivity index (χ4v) is 10.6. The van der Waals surface area contributed by atoms with Gasteiger partial charge in [-0.25, -0.2) is 0 Å². The van der Waals surface area contributed by atoms with Gasteiger partial charge in [-0.1, -0.05) is 48.5 Å². The predicted molar refractivity (Wildman–Crippen MR) is 312 cm³/mol. The molecule has 27 nitrogen and oxygen atoms in total. The first-order valence-electron chi connectivity index (χ1n) is 30.6. The molecule has 3 saturated heterocycles. The van der Waals surface area contributed by atoms with Crippen molar-refractivity contribution in [3.05, 3.63) is 17.7 Å². The van der Waals surface area contributed by atoms with E-state index in [2.05, 4.69) is 42.0 Å². The van der Waals surface area contributed by atoms with E-state index in [4.69, 9.17) is 80.9 Å². The van der Waals surface area contributed by atoms with Crippen molar-refractivity contribution in [2.24, 2.45) is 23.7 Å². The summed E-state index contributed by atoms with van der Waals surface area (Å²) in [5, 5.41) is 20.5. The molecule has 3 aliphatic heterocycles. The van der Waals surface area contributed by atoms with Gasteiger partial charge in [-0.15, -0.1) is 0 Å². The molecular formula is C60H100N4O23. The molecule has 1 aromatic carbocycles. The molecular weight excluding hydrogens is 1140 g/mol. The molecule has 3 heterocycles. The molecule has 0 bridgehead atoms. The van der Waals surface area contributed by atoms with E-state index in [-0.39, 0.29) is 207 Å². The minimum atomic E-state index is -0.937. The molecule has 4 rings (SSSR count). The van der Waals surface area contributed by atoms with Gasteiger partial charge in [-0.3, -0.25) is 28.8 Å². The van der Waals surface area contributed by atoms with Gasteiger partial charge in [0, 0.05) is 58.6 Å². The summed E-state index contributed by atoms with van der Waals surface area (Å²) in [5.74, 6) is -2.07. The van der Waals surface area contributed by atoms with E-state index in [1.54, 1.807) is 0 Å². The largest absolute Gasteiger partial charge is 0.487 e. The molecule has 0 unspecified atom stereocenters. The summed E-state index contributed by atoms with van der Waals surface area (Å²) < 4.78 is 96.0. The molecule has 498 valence electrons. The summed E-state index contributed by atoms with van der Waals surface area (Å²) in [7, 11) is 0. The van der Waals surface area contributed by atoms with Crippen LogP contribution in [0.1, 0.15) is 113 Å². The Hall–Kier alpha value is -5.04. The molecule has 4 amide bonds. The molecule has 3 fully saturated rings. The van der Waals surface area contributed by atoms with Gasteiger partial charge in [0.1, 0.15) is 44.1 Å². The van der Waals surface area contributed by atoms with Crippen molar-refractivity contribution in [1.29, 1.82) is 0 Å². The Labute approximate surface area is 512 Å². The van der Waals surface area contributed by atoms with Gasteiger partial charge in [-0.05, 0) is 43.2 Å². The molecule has 0 saturated carbocycles. The van der Waals surface area contributed by atoms with E-state index in [1.807, 2.05) is 27.7 Å². The van der Waals surface area contributed by atoms with Gasteiger partial charge in [0.25, 0.3) is 5.91 Å². The van der Waals surface area contributed by atoms with Crippen molar-refractivity contribution in [1.82, 2.24) is 21.3 Å². The summed E-state index contributed by atoms with van der Waals surface area (Å²) in [6, 6.07) is 1.13. The van der Waals surface area contributed by atoms with Crippen LogP contribution in [-0.4, -0.2) is 227 Å². The van der Waals surface area contributed by atoms with Gasteiger partial charge < -0.3 is 102 Å². The predicted octanol–water partition coefficient (Wildman–Crippen LogP) is 3.00. The lowest BCUT2D eigenvalue weighted by Crippen LogP contribution is -2.62. The van der Waals surface area contributed by atoms with Crippen molar-refractivity contribution < 1.29 is 110 Å². The number of esters is 2. The monoisotopic (exact) mass is 1240 g/mol. The maximum atomic E-state index is 13.8. The zero-order chi connectivity index (χ0) is 63.8. The van der Waals surface area contributed by atoms with Crippen LogP contribution in [0.2, 0.25) is 0 Å². The Bertz CT molecular complexity index is 2210. The summed E-state index contributed by atoms with van der Waals surface area (Å²) >= 11 is 0. The van der Waals surface area contributed by atoms with Crippen LogP contribution in [0.5, 0.6) is 17.2 Å². The standard InChI is InChI=1S/C60H100N4O23/c1-13-46-36(4)37(5)51(62-40(8)66)58(85-46)80-31-25-74-22-28-77-49-34-45(57(71)61-16-18-72-20-21-73-19-17-65)35-50(78-29-23-75-26-32-81-59-52(63-41(9)67)54(83-43(11)69)38(6)47(14-2)86-59)56(49)79-30-24-76-27-33-82-60-53(64-42(10)68)55(84-44(12)70)39(7)48(15-3)87-60/h34-39,46-48,51-55,58-60,65H,13-33H2,1-12H3,(H,61,71)(H,62,66)(H,63,67)(H,64,68)/t36-,37+,38+,39+,46-,47-,48-,51-,52-,53-,54+,55+,58-,59-,60-/m1/s1. The summed E-state index contributed by atoms with van der Waals surface area (Å²) in [4.78, 5) is 74.7. The van der Waals surface area contributed by atoms with E-state index in [1.165, 1.54) is 46.8 Å². The lowest BCUT2D eigenvalue weighted by Gasteiger charge is -2.44. The number of ether oxygens (including phenoxy) is 16. The fraction of sp³-hybridized carbons (Fsp3) is 0.800. The number of hydrogen-bond acceptors (Lipinski definition) is 23. The first kappa shape index (κ1) is 74.4. The van der Waals surface area contributed by atoms with E-state index in [0.29, 0.717) is 12.8 Å². The van der Waals surface area contributed by atoms with Gasteiger partial charge in [0.15, 0.2) is 30.4 Å². The van der Waals surface area contributed by atoms with Crippen LogP contribution >= 0.6 is 0 Å². The lowest BCUT2D eigenvalue weighted by molar-refractivity contribution is -0.256. The minimum Gasteiger partial charge on any atom is -0.487 e. The molecule has 0 spiro atoms. The van der Waals surface area contributed by atoms with E-state index < -0.39 is 61.0 Å². The van der Waals surface area contributed by atoms with Gasteiger partial charge >= 0.3 is 11.9 Å². The number of carbonyl (C=O) groups is 6. The van der Waals surface area contributed by atoms with Crippen molar-refractivity contribution in [3.8, 4) is 17.2 Å². The number of amides is 4. The molecule has 15 atom stereocenters. The third-order valence-corrected chi connectivity index (χ3v) is 15.0. The van der Waals surface area contributed by atoms with Gasteiger partial charge in [0.05, 0.1) is 117 Å². The van der Waals surface area contributed by atoms with E-state index in [9.17, 15) is 28.8 Å². The summed E-state index contributed by atoms with van der Waals surface area (Å²) in [5.41, 5.74) is 0.164. The average Bonchev–Trinajstić information content (AvgIpc) is 2.40. The highest BCUT2D eigenvalue weighted by molar-refractivity contribution is 5.95. The third kappa shape index (κ3) is 25.4. The Balaban J connectivity index is 1.49. The van der Waals surface area contributed by atoms with E-state index >= 15 is 0 Å². The summed E-state index contributed by atoms with van der Waals surface area (Å²) in [6.07, 6.45) is -2.58. The number of benzene rings is 1. The van der Waals surface area contributed by atoms with Crippen LogP contribution in [0.4, 0.5) is 0 Å². The van der Waals surface area contributed by atoms with E-state index in [0.717, 1.165) is 6.42 Å². The first-order valence-corrected chi connectivity index (χ1v) is 30.6. The number of aliphatic hydroxyl groups is 1. The highest BCUT2D eigenvalue weighted by Crippen LogP contribution is 2.40. The highest BCUT2D eigenvalue weighted by Gasteiger charge is 2.48. The summed E-state index contributed by atoms with van der Waals surface area (Å²) in [6.45, 7) is 22.3. The number of hydrogen-bond donors (Lipinski definition) is 5. The van der Waals surface area contributed by atoms with Crippen LogP contribution in [-0.2, 0) is 85.6 Å². The molecule has 5 N–H and O–H groups in total. The van der Waals surface area contributed by atoms with Crippen LogP contribution < -0.4 is 35.5 Å². The Kier molecular flexibility index (Phi) is 34.7. The zero-order valence-electron chi connectivity index (χ0n) is 53.1. The topological polar surface area (TPSA) is 318 Å². The first-order chi connectivity index (χ1) is 41.7. The highest BCUT2D eigenvalue weighted by atomic mass is 16.7. The second kappa shape index (κ2) is 40.6. The quantitative estimate of drug-likeness (QED) is 0.0465. The fourth-order valence-electron chi connectivity index (χ4n) is 10.6. The van der Waals surface area contributed by atoms with Crippen LogP contribution in [0, 0.1) is 23.7 Å². The van der Waals surface area contributed by atoms with Crippen molar-refractivity contribution in [3.63, 3.8) is 0 Å². The third-order valence-electron chi connectivity index (χ3n) is 15.0. The van der Waals surface area contributed by atoms with Gasteiger partial charge in [0.2, 0.25) is 23.5 Å². The Morgan fingerprint density at radius 1 is 0.448 bits per heavy atom. The van der Waals surface area contributed by atoms with Crippen LogP contribution in [0.25, 0.3) is 0 Å². The normalized spacial score (nSPS) is 27.1. The lowest BCUT2D eigenvalue weighted by atomic mass is 9.81. The van der Waals surface area contributed by atoms with Crippen molar-refractivity contribution in [2.45, 2.75) is 170 Å². The Morgan fingerprint density at radius 3 is 1.21 bits per heavy atom.